The van der Waals surface area contributed by atoms with Crippen LogP contribution in [0.4, 0.5) is 4.39 Å². The summed E-state index contributed by atoms with van der Waals surface area (Å²) in [6.45, 7) is 5.24. The molecule has 3 heteroatoms. The number of aryl methyl sites for hydroxylation is 1. The Bertz CT molecular complexity index is 517. The number of hydrogen-bond acceptors (Lipinski definition) is 1. The fourth-order valence-corrected chi connectivity index (χ4v) is 2.12. The predicted octanol–water partition coefficient (Wildman–Crippen LogP) is 4.05. The molecule has 0 saturated heterocycles. The van der Waals surface area contributed by atoms with Crippen LogP contribution in [0.1, 0.15) is 32.4 Å². The maximum absolute atomic E-state index is 13.3. The molecule has 0 aliphatic carbocycles. The Morgan fingerprint density at radius 3 is 2.78 bits per heavy atom. The van der Waals surface area contributed by atoms with E-state index in [0.29, 0.717) is 0 Å². The van der Waals surface area contributed by atoms with E-state index < -0.39 is 0 Å². The van der Waals surface area contributed by atoms with Crippen molar-refractivity contribution in [2.75, 3.05) is 0 Å². The van der Waals surface area contributed by atoms with Gasteiger partial charge in [-0.3, -0.25) is 0 Å². The number of unbranched alkanes of at least 4 members (excludes halogenated alkanes) is 1. The molecule has 0 saturated carbocycles. The van der Waals surface area contributed by atoms with Crippen molar-refractivity contribution in [2.24, 2.45) is 0 Å². The van der Waals surface area contributed by atoms with Crippen LogP contribution in [0, 0.1) is 5.82 Å². The molecule has 0 atom stereocenters. The number of nitrogens with zero attached hydrogens (tertiary/aromatic N) is 2. The molecule has 0 bridgehead atoms. The zero-order valence-electron chi connectivity index (χ0n) is 11.0. The third kappa shape index (κ3) is 2.61. The minimum absolute atomic E-state index is 0.212. The number of rotatable bonds is 5. The van der Waals surface area contributed by atoms with Crippen LogP contribution in [0.15, 0.2) is 30.5 Å². The average Bonchev–Trinajstić information content (AvgIpc) is 2.79. The van der Waals surface area contributed by atoms with Gasteiger partial charge in [0.25, 0.3) is 0 Å². The van der Waals surface area contributed by atoms with Crippen molar-refractivity contribution >= 4 is 0 Å². The van der Waals surface area contributed by atoms with E-state index in [1.807, 2.05) is 12.3 Å². The molecule has 2 nitrogen and oxygen atoms in total. The summed E-state index contributed by atoms with van der Waals surface area (Å²) >= 11 is 0. The quantitative estimate of drug-likeness (QED) is 0.778. The van der Waals surface area contributed by atoms with Crippen LogP contribution in [0.2, 0.25) is 0 Å². The van der Waals surface area contributed by atoms with E-state index >= 15 is 0 Å². The molecule has 0 amide bonds. The van der Waals surface area contributed by atoms with Crippen LogP contribution in [-0.2, 0) is 13.0 Å². The van der Waals surface area contributed by atoms with Crippen LogP contribution in [0.3, 0.4) is 0 Å². The van der Waals surface area contributed by atoms with Gasteiger partial charge in [0.05, 0.1) is 0 Å². The van der Waals surface area contributed by atoms with Crippen LogP contribution < -0.4 is 0 Å². The number of benzene rings is 1. The lowest BCUT2D eigenvalue weighted by Gasteiger charge is -2.10. The van der Waals surface area contributed by atoms with E-state index in [-0.39, 0.29) is 5.82 Å². The lowest BCUT2D eigenvalue weighted by atomic mass is 10.2. The van der Waals surface area contributed by atoms with Gasteiger partial charge in [0.1, 0.15) is 11.6 Å². The van der Waals surface area contributed by atoms with Crippen LogP contribution in [0.25, 0.3) is 11.4 Å². The Balaban J connectivity index is 2.40. The molecule has 0 spiro atoms. The molecule has 18 heavy (non-hydrogen) atoms. The van der Waals surface area contributed by atoms with Crippen molar-refractivity contribution in [3.05, 3.63) is 42.0 Å². The van der Waals surface area contributed by atoms with Crippen LogP contribution >= 0.6 is 0 Å². The lowest BCUT2D eigenvalue weighted by Crippen LogP contribution is -2.04. The molecule has 1 aromatic heterocycles. The van der Waals surface area contributed by atoms with Gasteiger partial charge in [0.15, 0.2) is 0 Å². The van der Waals surface area contributed by atoms with Gasteiger partial charge in [-0.25, -0.2) is 9.37 Å². The van der Waals surface area contributed by atoms with Crippen LogP contribution in [-0.4, -0.2) is 9.55 Å². The minimum Gasteiger partial charge on any atom is -0.328 e. The molecule has 0 aliphatic rings. The molecule has 0 radical (unpaired) electrons. The predicted molar refractivity (Wildman–Crippen MR) is 71.9 cm³/mol. The minimum atomic E-state index is -0.212. The molecule has 0 N–H and O–H groups in total. The summed E-state index contributed by atoms with van der Waals surface area (Å²) in [5, 5.41) is 0. The first-order chi connectivity index (χ1) is 8.76. The molecule has 0 fully saturated rings. The number of imidazole rings is 1. The fourth-order valence-electron chi connectivity index (χ4n) is 2.12. The standard InChI is InChI=1S/C15H19FN2/c1-3-5-9-18-14(4-2)11-17-15(18)12-7-6-8-13(16)10-12/h6-8,10-11H,3-5,9H2,1-2H3. The second-order valence-electron chi connectivity index (χ2n) is 4.44. The van der Waals surface area contributed by atoms with E-state index in [4.69, 9.17) is 0 Å². The smallest absolute Gasteiger partial charge is 0.140 e. The largest absolute Gasteiger partial charge is 0.328 e. The highest BCUT2D eigenvalue weighted by Crippen LogP contribution is 2.21. The molecule has 2 aromatic rings. The fraction of sp³-hybridized carbons (Fsp3) is 0.400. The summed E-state index contributed by atoms with van der Waals surface area (Å²) in [4.78, 5) is 4.45. The Kier molecular flexibility index (Phi) is 4.13. The van der Waals surface area contributed by atoms with E-state index in [2.05, 4.69) is 23.4 Å². The zero-order valence-corrected chi connectivity index (χ0v) is 11.0. The number of hydrogen-bond donors (Lipinski definition) is 0. The Morgan fingerprint density at radius 2 is 2.11 bits per heavy atom. The topological polar surface area (TPSA) is 17.8 Å². The van der Waals surface area contributed by atoms with Crippen molar-refractivity contribution in [3.63, 3.8) is 0 Å². The molecular formula is C15H19FN2. The normalized spacial score (nSPS) is 10.8. The summed E-state index contributed by atoms with van der Waals surface area (Å²) in [7, 11) is 0. The summed E-state index contributed by atoms with van der Waals surface area (Å²) in [6.07, 6.45) is 5.11. The van der Waals surface area contributed by atoms with Gasteiger partial charge >= 0.3 is 0 Å². The van der Waals surface area contributed by atoms with Crippen molar-refractivity contribution in [1.82, 2.24) is 9.55 Å². The maximum Gasteiger partial charge on any atom is 0.140 e. The van der Waals surface area contributed by atoms with E-state index in [0.717, 1.165) is 37.2 Å². The molecule has 1 heterocycles. The number of halogens is 1. The lowest BCUT2D eigenvalue weighted by molar-refractivity contribution is 0.613. The Hall–Kier alpha value is -1.64. The second-order valence-corrected chi connectivity index (χ2v) is 4.44. The van der Waals surface area contributed by atoms with Crippen LogP contribution in [0.5, 0.6) is 0 Å². The molecule has 1 aromatic carbocycles. The highest BCUT2D eigenvalue weighted by Gasteiger charge is 2.10. The Morgan fingerprint density at radius 1 is 1.28 bits per heavy atom. The molecular weight excluding hydrogens is 227 g/mol. The first-order valence-electron chi connectivity index (χ1n) is 6.56. The van der Waals surface area contributed by atoms with Gasteiger partial charge in [0.2, 0.25) is 0 Å². The summed E-state index contributed by atoms with van der Waals surface area (Å²) in [5.74, 6) is 0.662. The SMILES string of the molecule is CCCCn1c(CC)cnc1-c1cccc(F)c1. The van der Waals surface area contributed by atoms with E-state index in [9.17, 15) is 4.39 Å². The molecule has 2 rings (SSSR count). The van der Waals surface area contributed by atoms with Gasteiger partial charge in [-0.15, -0.1) is 0 Å². The van der Waals surface area contributed by atoms with Gasteiger partial charge in [-0.05, 0) is 25.0 Å². The van der Waals surface area contributed by atoms with Crippen molar-refractivity contribution in [1.29, 1.82) is 0 Å². The van der Waals surface area contributed by atoms with Gasteiger partial charge in [0, 0.05) is 24.0 Å². The molecule has 0 unspecified atom stereocenters. The summed E-state index contributed by atoms with van der Waals surface area (Å²) < 4.78 is 15.5. The van der Waals surface area contributed by atoms with Crippen molar-refractivity contribution in [2.45, 2.75) is 39.7 Å². The third-order valence-corrected chi connectivity index (χ3v) is 3.12. The maximum atomic E-state index is 13.3. The van der Waals surface area contributed by atoms with E-state index in [1.54, 1.807) is 12.1 Å². The second kappa shape index (κ2) is 5.80. The zero-order chi connectivity index (χ0) is 13.0. The highest BCUT2D eigenvalue weighted by atomic mass is 19.1. The van der Waals surface area contributed by atoms with Gasteiger partial charge in [-0.2, -0.15) is 0 Å². The average molecular weight is 246 g/mol. The highest BCUT2D eigenvalue weighted by molar-refractivity contribution is 5.56. The molecule has 0 aliphatic heterocycles. The van der Waals surface area contributed by atoms with Gasteiger partial charge < -0.3 is 4.57 Å². The van der Waals surface area contributed by atoms with Crippen molar-refractivity contribution in [3.8, 4) is 11.4 Å². The Labute approximate surface area is 107 Å². The van der Waals surface area contributed by atoms with Gasteiger partial charge in [-0.1, -0.05) is 32.4 Å². The summed E-state index contributed by atoms with van der Waals surface area (Å²) in [5.41, 5.74) is 2.06. The van der Waals surface area contributed by atoms with Crippen molar-refractivity contribution < 1.29 is 4.39 Å². The monoisotopic (exact) mass is 246 g/mol. The molecule has 96 valence electrons. The summed E-state index contributed by atoms with van der Waals surface area (Å²) in [6, 6.07) is 6.65. The third-order valence-electron chi connectivity index (χ3n) is 3.12. The first kappa shape index (κ1) is 12.8. The van der Waals surface area contributed by atoms with E-state index in [1.165, 1.54) is 11.8 Å². The first-order valence-corrected chi connectivity index (χ1v) is 6.56. The number of aromatic nitrogens is 2.